The van der Waals surface area contributed by atoms with Crippen molar-refractivity contribution in [2.75, 3.05) is 4.90 Å². The average Bonchev–Trinajstić information content (AvgIpc) is 2.42. The molecule has 7 nitrogen and oxygen atoms in total. The zero-order chi connectivity index (χ0) is 16.7. The van der Waals surface area contributed by atoms with Gasteiger partial charge in [-0.25, -0.2) is 9.59 Å². The minimum atomic E-state index is -1.22. The number of aliphatic carboxylic acids is 1. The van der Waals surface area contributed by atoms with E-state index in [0.29, 0.717) is 0 Å². The Labute approximate surface area is 127 Å². The van der Waals surface area contributed by atoms with Gasteiger partial charge in [-0.05, 0) is 38.5 Å². The third-order valence-corrected chi connectivity index (χ3v) is 3.55. The molecule has 22 heavy (non-hydrogen) atoms. The monoisotopic (exact) mass is 307 g/mol. The first kappa shape index (κ1) is 15.8. The lowest BCUT2D eigenvalue weighted by Crippen LogP contribution is -2.57. The minimum Gasteiger partial charge on any atom is -0.480 e. The first-order chi connectivity index (χ1) is 10.2. The Hall–Kier alpha value is -2.57. The number of amides is 1. The normalized spacial score (nSPS) is 17.4. The second-order valence-electron chi connectivity index (χ2n) is 5.54. The minimum absolute atomic E-state index is 0.0416. The standard InChI is InChI=1S/C15H17NO6/c1-4-9(13(19)20)16-10-7-8(12(17)18)5-6-11(10)22-15(2,3)14(16)21/h5-7,9H,4H2,1-3H3,(H,17,18)(H,19,20). The van der Waals surface area contributed by atoms with Crippen LogP contribution in [0.1, 0.15) is 37.6 Å². The van der Waals surface area contributed by atoms with Gasteiger partial charge in [0.1, 0.15) is 11.8 Å². The van der Waals surface area contributed by atoms with Gasteiger partial charge in [-0.15, -0.1) is 0 Å². The maximum atomic E-state index is 12.6. The van der Waals surface area contributed by atoms with Crippen molar-refractivity contribution in [3.05, 3.63) is 23.8 Å². The number of nitrogens with zero attached hydrogens (tertiary/aromatic N) is 1. The first-order valence-electron chi connectivity index (χ1n) is 6.82. The molecule has 1 amide bonds. The van der Waals surface area contributed by atoms with Crippen LogP contribution in [0, 0.1) is 0 Å². The fourth-order valence-corrected chi connectivity index (χ4v) is 2.42. The van der Waals surface area contributed by atoms with E-state index in [-0.39, 0.29) is 23.4 Å². The number of carbonyl (C=O) groups excluding carboxylic acids is 1. The van der Waals surface area contributed by atoms with Gasteiger partial charge in [0.25, 0.3) is 5.91 Å². The van der Waals surface area contributed by atoms with Gasteiger partial charge < -0.3 is 14.9 Å². The van der Waals surface area contributed by atoms with Crippen LogP contribution in [0.15, 0.2) is 18.2 Å². The summed E-state index contributed by atoms with van der Waals surface area (Å²) in [6, 6.07) is 2.97. The lowest BCUT2D eigenvalue weighted by molar-refractivity contribution is -0.143. The summed E-state index contributed by atoms with van der Waals surface area (Å²) >= 11 is 0. The van der Waals surface area contributed by atoms with Crippen molar-refractivity contribution in [3.63, 3.8) is 0 Å². The largest absolute Gasteiger partial charge is 0.480 e. The average molecular weight is 307 g/mol. The molecule has 0 spiro atoms. The van der Waals surface area contributed by atoms with Crippen LogP contribution in [0.4, 0.5) is 5.69 Å². The van der Waals surface area contributed by atoms with E-state index >= 15 is 0 Å². The smallest absolute Gasteiger partial charge is 0.335 e. The van der Waals surface area contributed by atoms with Gasteiger partial charge in [-0.3, -0.25) is 9.69 Å². The highest BCUT2D eigenvalue weighted by atomic mass is 16.5. The molecule has 1 aromatic carbocycles. The van der Waals surface area contributed by atoms with E-state index in [1.807, 2.05) is 0 Å². The molecular formula is C15H17NO6. The van der Waals surface area contributed by atoms with Crippen molar-refractivity contribution in [1.29, 1.82) is 0 Å². The number of rotatable bonds is 4. The molecule has 118 valence electrons. The van der Waals surface area contributed by atoms with Crippen molar-refractivity contribution in [2.45, 2.75) is 38.8 Å². The molecule has 0 aliphatic carbocycles. The molecule has 1 unspecified atom stereocenters. The quantitative estimate of drug-likeness (QED) is 0.878. The molecule has 1 aliphatic rings. The van der Waals surface area contributed by atoms with Crippen LogP contribution >= 0.6 is 0 Å². The Kier molecular flexibility index (Phi) is 3.83. The molecule has 1 aromatic rings. The number of benzene rings is 1. The summed E-state index contributed by atoms with van der Waals surface area (Å²) in [7, 11) is 0. The number of anilines is 1. The Morgan fingerprint density at radius 2 is 1.95 bits per heavy atom. The fraction of sp³-hybridized carbons (Fsp3) is 0.400. The van der Waals surface area contributed by atoms with Gasteiger partial charge >= 0.3 is 11.9 Å². The summed E-state index contributed by atoms with van der Waals surface area (Å²) in [6.07, 6.45) is 0.188. The molecular weight excluding hydrogens is 290 g/mol. The summed E-state index contributed by atoms with van der Waals surface area (Å²) in [5, 5.41) is 18.5. The maximum absolute atomic E-state index is 12.6. The van der Waals surface area contributed by atoms with Crippen LogP contribution in [0.25, 0.3) is 0 Å². The van der Waals surface area contributed by atoms with Crippen molar-refractivity contribution in [2.24, 2.45) is 0 Å². The lowest BCUT2D eigenvalue weighted by Gasteiger charge is -2.41. The Balaban J connectivity index is 2.65. The number of aromatic carboxylic acids is 1. The number of fused-ring (bicyclic) bond motifs is 1. The summed E-state index contributed by atoms with van der Waals surface area (Å²) in [5.74, 6) is -2.55. The molecule has 2 N–H and O–H groups in total. The van der Waals surface area contributed by atoms with Gasteiger partial charge in [0.05, 0.1) is 11.3 Å². The second kappa shape index (κ2) is 5.32. The van der Waals surface area contributed by atoms with Crippen LogP contribution in [-0.2, 0) is 9.59 Å². The zero-order valence-electron chi connectivity index (χ0n) is 12.5. The second-order valence-corrected chi connectivity index (χ2v) is 5.54. The van der Waals surface area contributed by atoms with Crippen molar-refractivity contribution < 1.29 is 29.3 Å². The van der Waals surface area contributed by atoms with E-state index in [0.717, 1.165) is 4.90 Å². The molecule has 1 heterocycles. The van der Waals surface area contributed by atoms with Gasteiger partial charge in [0.15, 0.2) is 5.60 Å². The fourth-order valence-electron chi connectivity index (χ4n) is 2.42. The van der Waals surface area contributed by atoms with Crippen molar-refractivity contribution in [1.82, 2.24) is 0 Å². The summed E-state index contributed by atoms with van der Waals surface area (Å²) in [6.45, 7) is 4.74. The molecule has 0 bridgehead atoms. The van der Waals surface area contributed by atoms with Gasteiger partial charge in [-0.2, -0.15) is 0 Å². The summed E-state index contributed by atoms with van der Waals surface area (Å²) in [4.78, 5) is 36.3. The van der Waals surface area contributed by atoms with Gasteiger partial charge in [0, 0.05) is 0 Å². The van der Waals surface area contributed by atoms with E-state index in [1.54, 1.807) is 20.8 Å². The molecule has 7 heteroatoms. The van der Waals surface area contributed by atoms with E-state index in [2.05, 4.69) is 0 Å². The van der Waals surface area contributed by atoms with Crippen LogP contribution in [0.3, 0.4) is 0 Å². The summed E-state index contributed by atoms with van der Waals surface area (Å²) in [5.41, 5.74) is -1.10. The first-order valence-corrected chi connectivity index (χ1v) is 6.82. The number of ether oxygens (including phenoxy) is 1. The Morgan fingerprint density at radius 3 is 2.45 bits per heavy atom. The van der Waals surface area contributed by atoms with Gasteiger partial charge in [0.2, 0.25) is 0 Å². The molecule has 2 rings (SSSR count). The maximum Gasteiger partial charge on any atom is 0.335 e. The molecule has 1 aliphatic heterocycles. The van der Waals surface area contributed by atoms with Crippen molar-refractivity contribution >= 4 is 23.5 Å². The van der Waals surface area contributed by atoms with Gasteiger partial charge in [-0.1, -0.05) is 6.92 Å². The number of hydrogen-bond acceptors (Lipinski definition) is 4. The van der Waals surface area contributed by atoms with E-state index in [1.165, 1.54) is 18.2 Å². The number of hydrogen-bond donors (Lipinski definition) is 2. The Morgan fingerprint density at radius 1 is 1.32 bits per heavy atom. The van der Waals surface area contributed by atoms with E-state index < -0.39 is 29.5 Å². The molecule has 0 fully saturated rings. The highest BCUT2D eigenvalue weighted by molar-refractivity contribution is 6.07. The number of carboxylic acids is 2. The molecule has 0 saturated heterocycles. The molecule has 0 radical (unpaired) electrons. The molecule has 1 atom stereocenters. The molecule has 0 aromatic heterocycles. The van der Waals surface area contributed by atoms with Crippen LogP contribution in [-0.4, -0.2) is 39.7 Å². The van der Waals surface area contributed by atoms with Crippen LogP contribution in [0.5, 0.6) is 5.75 Å². The van der Waals surface area contributed by atoms with E-state index in [4.69, 9.17) is 9.84 Å². The predicted octanol–water partition coefficient (Wildman–Crippen LogP) is 1.75. The number of carbonyl (C=O) groups is 3. The SMILES string of the molecule is CCC(C(=O)O)N1C(=O)C(C)(C)Oc2ccc(C(=O)O)cc21. The third kappa shape index (κ3) is 2.49. The summed E-state index contributed by atoms with van der Waals surface area (Å²) < 4.78 is 5.59. The Bertz CT molecular complexity index is 651. The van der Waals surface area contributed by atoms with Crippen molar-refractivity contribution in [3.8, 4) is 5.75 Å². The zero-order valence-corrected chi connectivity index (χ0v) is 12.5. The van der Waals surface area contributed by atoms with Crippen LogP contribution in [0.2, 0.25) is 0 Å². The van der Waals surface area contributed by atoms with E-state index in [9.17, 15) is 19.5 Å². The highest BCUT2D eigenvalue weighted by Crippen LogP contribution is 2.40. The predicted molar refractivity (Wildman–Crippen MR) is 77.3 cm³/mol. The topological polar surface area (TPSA) is 104 Å². The van der Waals surface area contributed by atoms with Crippen LogP contribution < -0.4 is 9.64 Å². The highest BCUT2D eigenvalue weighted by Gasteiger charge is 2.45. The lowest BCUT2D eigenvalue weighted by atomic mass is 9.99. The molecule has 0 saturated carbocycles. The third-order valence-electron chi connectivity index (χ3n) is 3.55. The number of carboxylic acid groups (broad SMARTS) is 2.